The average Bonchev–Trinajstić information content (AvgIpc) is 3.54. The number of amides is 3. The zero-order chi connectivity index (χ0) is 31.8. The molecule has 0 bridgehead atoms. The number of non-ortho nitro benzene ring substituents is 1. The van der Waals surface area contributed by atoms with Crippen molar-refractivity contribution in [1.29, 1.82) is 0 Å². The summed E-state index contributed by atoms with van der Waals surface area (Å²) in [6.07, 6.45) is 0. The Morgan fingerprint density at radius 1 is 0.978 bits per heavy atom. The van der Waals surface area contributed by atoms with Crippen LogP contribution in [0.5, 0.6) is 17.2 Å². The Morgan fingerprint density at radius 3 is 2.38 bits per heavy atom. The second-order valence-electron chi connectivity index (χ2n) is 10.0. The van der Waals surface area contributed by atoms with Crippen LogP contribution in [0.15, 0.2) is 76.6 Å². The maximum absolute atomic E-state index is 13.9. The monoisotopic (exact) mass is 648 g/mol. The molecule has 2 aliphatic rings. The molecule has 2 aliphatic heterocycles. The predicted molar refractivity (Wildman–Crippen MR) is 166 cm³/mol. The number of carbonyl (C=O) groups excluding carboxylic acids is 3. The number of nitrogens with zero attached hydrogens (tertiary/aromatic N) is 2. The number of benzene rings is 3. The lowest BCUT2D eigenvalue weighted by Gasteiger charge is -2.30. The number of aromatic amines is 1. The fraction of sp³-hybridized carbons (Fsp3) is 0.200. The van der Waals surface area contributed by atoms with Gasteiger partial charge in [-0.1, -0.05) is 29.2 Å². The van der Waals surface area contributed by atoms with E-state index in [9.17, 15) is 29.3 Å². The minimum Gasteiger partial charge on any atom is -0.497 e. The van der Waals surface area contributed by atoms with Gasteiger partial charge in [-0.3, -0.25) is 29.3 Å². The lowest BCUT2D eigenvalue weighted by molar-refractivity contribution is -0.384. The lowest BCUT2D eigenvalue weighted by Crippen LogP contribution is -2.32. The van der Waals surface area contributed by atoms with Gasteiger partial charge in [0.05, 0.1) is 35.8 Å². The molecule has 0 unspecified atom stereocenters. The Morgan fingerprint density at radius 2 is 1.71 bits per heavy atom. The van der Waals surface area contributed by atoms with E-state index in [4.69, 9.17) is 14.2 Å². The molecule has 3 atom stereocenters. The third kappa shape index (κ3) is 5.62. The predicted octanol–water partition coefficient (Wildman–Crippen LogP) is 4.18. The van der Waals surface area contributed by atoms with Gasteiger partial charge >= 0.3 is 4.87 Å². The molecule has 13 nitrogen and oxygen atoms in total. The number of imide groups is 1. The SMILES string of the molecule is COc1ccc(NC(=O)COc2ccc([C@@H]3c4sc(=O)[nH]c4S[C@H]4C(=O)N(c5ccc([N+](=O)[O-])cc5)C(=O)[C@@H]34)cc2OC)cc1. The van der Waals surface area contributed by atoms with Crippen LogP contribution >= 0.6 is 23.1 Å². The van der Waals surface area contributed by atoms with E-state index in [1.165, 1.54) is 31.4 Å². The molecule has 3 heterocycles. The van der Waals surface area contributed by atoms with E-state index >= 15 is 0 Å². The summed E-state index contributed by atoms with van der Waals surface area (Å²) in [5.74, 6) is -1.72. The quantitative estimate of drug-likeness (QED) is 0.153. The topological polar surface area (TPSA) is 170 Å². The van der Waals surface area contributed by atoms with Gasteiger partial charge in [-0.15, -0.1) is 0 Å². The van der Waals surface area contributed by atoms with Gasteiger partial charge < -0.3 is 24.5 Å². The first-order valence-corrected chi connectivity index (χ1v) is 15.1. The number of hydrogen-bond donors (Lipinski definition) is 2. The van der Waals surface area contributed by atoms with Gasteiger partial charge in [-0.25, -0.2) is 4.90 Å². The minimum absolute atomic E-state index is 0.171. The van der Waals surface area contributed by atoms with Crippen molar-refractivity contribution in [3.8, 4) is 17.2 Å². The first-order valence-electron chi connectivity index (χ1n) is 13.4. The molecule has 45 heavy (non-hydrogen) atoms. The summed E-state index contributed by atoms with van der Waals surface area (Å²) in [6, 6.07) is 17.0. The van der Waals surface area contributed by atoms with Crippen LogP contribution in [0.25, 0.3) is 0 Å². The number of methoxy groups -OCH3 is 2. The standard InChI is InChI=1S/C30H24N4O9S2/c1-41-19-10-4-16(5-11-19)31-22(35)14-43-20-12-3-15(13-21(20)42-2)23-24-26(44-27-25(23)45-30(38)32-27)29(37)33(28(24)36)17-6-8-18(9-7-17)34(39)40/h3-13,23-24,26H,14H2,1-2H3,(H,31,35)(H,32,38)/t23-,24-,26+/m0/s1. The molecule has 230 valence electrons. The summed E-state index contributed by atoms with van der Waals surface area (Å²) in [5.41, 5.74) is 1.21. The summed E-state index contributed by atoms with van der Waals surface area (Å²) in [5, 5.41) is 13.5. The van der Waals surface area contributed by atoms with Gasteiger partial charge in [0.25, 0.3) is 11.6 Å². The summed E-state index contributed by atoms with van der Waals surface area (Å²) in [6.45, 7) is -0.312. The number of nitrogens with one attached hydrogen (secondary N) is 2. The van der Waals surface area contributed by atoms with Crippen LogP contribution in [0.3, 0.4) is 0 Å². The van der Waals surface area contributed by atoms with Crippen LogP contribution < -0.4 is 29.3 Å². The summed E-state index contributed by atoms with van der Waals surface area (Å²) >= 11 is 2.08. The fourth-order valence-electron chi connectivity index (χ4n) is 5.37. The van der Waals surface area contributed by atoms with Crippen molar-refractivity contribution in [3.05, 3.63) is 97.0 Å². The van der Waals surface area contributed by atoms with Gasteiger partial charge in [-0.05, 0) is 54.1 Å². The van der Waals surface area contributed by atoms with E-state index in [0.717, 1.165) is 28.0 Å². The van der Waals surface area contributed by atoms with E-state index in [2.05, 4.69) is 10.3 Å². The van der Waals surface area contributed by atoms with Crippen molar-refractivity contribution in [2.75, 3.05) is 31.0 Å². The maximum atomic E-state index is 13.9. The lowest BCUT2D eigenvalue weighted by atomic mass is 9.83. The molecular weight excluding hydrogens is 624 g/mol. The van der Waals surface area contributed by atoms with E-state index in [-0.39, 0.29) is 34.4 Å². The third-order valence-corrected chi connectivity index (χ3v) is 9.82. The molecule has 1 fully saturated rings. The number of fused-ring (bicyclic) bond motifs is 2. The van der Waals surface area contributed by atoms with Gasteiger partial charge in [0.15, 0.2) is 18.1 Å². The number of hydrogen-bond acceptors (Lipinski definition) is 11. The molecule has 1 saturated heterocycles. The van der Waals surface area contributed by atoms with Crippen molar-refractivity contribution in [1.82, 2.24) is 4.98 Å². The van der Waals surface area contributed by atoms with E-state index in [1.807, 2.05) is 0 Å². The Hall–Kier alpha value is -5.15. The molecule has 4 aromatic rings. The van der Waals surface area contributed by atoms with Gasteiger partial charge in [0.1, 0.15) is 11.0 Å². The zero-order valence-corrected chi connectivity index (χ0v) is 25.3. The van der Waals surface area contributed by atoms with Crippen LogP contribution in [-0.2, 0) is 14.4 Å². The summed E-state index contributed by atoms with van der Waals surface area (Å²) in [7, 11) is 2.98. The Labute approximate surface area is 263 Å². The van der Waals surface area contributed by atoms with Crippen molar-refractivity contribution < 1.29 is 33.5 Å². The normalized spacial score (nSPS) is 18.6. The number of nitro benzene ring substituents is 1. The number of aromatic nitrogens is 1. The van der Waals surface area contributed by atoms with Crippen LogP contribution in [0.2, 0.25) is 0 Å². The first-order chi connectivity index (χ1) is 21.7. The van der Waals surface area contributed by atoms with E-state index in [1.54, 1.807) is 49.6 Å². The van der Waals surface area contributed by atoms with Gasteiger partial charge in [0, 0.05) is 28.6 Å². The largest absolute Gasteiger partial charge is 0.497 e. The van der Waals surface area contributed by atoms with Gasteiger partial charge in [0.2, 0.25) is 11.8 Å². The highest BCUT2D eigenvalue weighted by molar-refractivity contribution is 8.00. The number of nitro groups is 1. The molecule has 15 heteroatoms. The molecule has 1 aromatic heterocycles. The van der Waals surface area contributed by atoms with E-state index in [0.29, 0.717) is 26.9 Å². The Balaban J connectivity index is 1.27. The first kappa shape index (κ1) is 29.9. The van der Waals surface area contributed by atoms with Crippen LogP contribution in [0.1, 0.15) is 16.4 Å². The Kier molecular flexibility index (Phi) is 8.03. The van der Waals surface area contributed by atoms with Crippen molar-refractivity contribution >= 4 is 57.9 Å². The number of carbonyl (C=O) groups is 3. The maximum Gasteiger partial charge on any atom is 0.305 e. The van der Waals surface area contributed by atoms with Crippen LogP contribution in [0, 0.1) is 16.0 Å². The molecule has 0 spiro atoms. The number of ether oxygens (including phenoxy) is 3. The number of anilines is 2. The van der Waals surface area contributed by atoms with Crippen LogP contribution in [-0.4, -0.2) is 53.7 Å². The second-order valence-corrected chi connectivity index (χ2v) is 12.2. The highest BCUT2D eigenvalue weighted by Crippen LogP contribution is 2.53. The summed E-state index contributed by atoms with van der Waals surface area (Å²) < 4.78 is 16.4. The smallest absolute Gasteiger partial charge is 0.305 e. The summed E-state index contributed by atoms with van der Waals surface area (Å²) in [4.78, 5) is 67.2. The number of H-pyrrole nitrogens is 1. The van der Waals surface area contributed by atoms with Crippen LogP contribution in [0.4, 0.5) is 17.1 Å². The van der Waals surface area contributed by atoms with Crippen molar-refractivity contribution in [3.63, 3.8) is 0 Å². The Bertz CT molecular complexity index is 1870. The highest BCUT2D eigenvalue weighted by Gasteiger charge is 2.56. The molecule has 6 rings (SSSR count). The average molecular weight is 649 g/mol. The molecule has 2 N–H and O–H groups in total. The number of rotatable bonds is 9. The second kappa shape index (κ2) is 12.1. The minimum atomic E-state index is -0.872. The zero-order valence-electron chi connectivity index (χ0n) is 23.7. The van der Waals surface area contributed by atoms with Crippen molar-refractivity contribution in [2.45, 2.75) is 16.2 Å². The van der Waals surface area contributed by atoms with Gasteiger partial charge in [-0.2, -0.15) is 0 Å². The number of thiazole rings is 1. The molecule has 0 radical (unpaired) electrons. The highest BCUT2D eigenvalue weighted by atomic mass is 32.2. The fourth-order valence-corrected chi connectivity index (χ4v) is 7.88. The van der Waals surface area contributed by atoms with Crippen molar-refractivity contribution in [2.24, 2.45) is 5.92 Å². The van der Waals surface area contributed by atoms with E-state index < -0.39 is 39.7 Å². The molecule has 0 saturated carbocycles. The number of thioether (sulfide) groups is 1. The molecule has 0 aliphatic carbocycles. The molecule has 3 amide bonds. The molecular formula is C30H24N4O9S2. The third-order valence-electron chi connectivity index (χ3n) is 7.42. The molecule has 3 aromatic carbocycles.